The van der Waals surface area contributed by atoms with Gasteiger partial charge in [0, 0.05) is 0 Å². The normalized spacial score (nSPS) is 20.0. The van der Waals surface area contributed by atoms with Gasteiger partial charge in [-0.15, -0.1) is 0 Å². The monoisotopic (exact) mass is 364 g/mol. The molecule has 138 valence electrons. The first-order valence-corrected chi connectivity index (χ1v) is 12.3. The van der Waals surface area contributed by atoms with E-state index in [-0.39, 0.29) is 0 Å². The molecule has 2 fully saturated rings. The second kappa shape index (κ2) is 8.71. The molecule has 1 unspecified atom stereocenters. The summed E-state index contributed by atoms with van der Waals surface area (Å²) in [6, 6.07) is 16.9. The van der Waals surface area contributed by atoms with Crippen LogP contribution in [0.25, 0.3) is 11.1 Å². The summed E-state index contributed by atoms with van der Waals surface area (Å²) in [5.74, 6) is 1.61. The fourth-order valence-electron chi connectivity index (χ4n) is 5.08. The molecule has 1 atom stereocenters. The van der Waals surface area contributed by atoms with E-state index >= 15 is 0 Å². The second-order valence-electron chi connectivity index (χ2n) is 8.35. The van der Waals surface area contributed by atoms with E-state index in [1.54, 1.807) is 16.4 Å². The minimum absolute atomic E-state index is 0.805. The lowest BCUT2D eigenvalue weighted by molar-refractivity contribution is 0.443. The van der Waals surface area contributed by atoms with Crippen molar-refractivity contribution in [3.8, 4) is 11.1 Å². The standard InChI is InChI=1S/C25H33P/c1-26-25-18-23(20-10-6-3-7-11-20)16-17-24(25)22-14-12-21(13-15-22)19-8-4-2-5-9-19/h12-20,26H,2-11H2,1H3. The van der Waals surface area contributed by atoms with Crippen molar-refractivity contribution in [1.82, 2.24) is 0 Å². The van der Waals surface area contributed by atoms with E-state index in [0.29, 0.717) is 0 Å². The molecule has 0 saturated heterocycles. The van der Waals surface area contributed by atoms with E-state index in [1.165, 1.54) is 75.3 Å². The number of rotatable bonds is 4. The van der Waals surface area contributed by atoms with Crippen LogP contribution in [0.15, 0.2) is 42.5 Å². The summed E-state index contributed by atoms with van der Waals surface area (Å²) in [7, 11) is 0.867. The molecule has 4 rings (SSSR count). The highest BCUT2D eigenvalue weighted by Crippen LogP contribution is 2.36. The zero-order valence-electron chi connectivity index (χ0n) is 16.3. The Morgan fingerprint density at radius 1 is 0.654 bits per heavy atom. The van der Waals surface area contributed by atoms with Gasteiger partial charge in [0.1, 0.15) is 0 Å². The van der Waals surface area contributed by atoms with Crippen LogP contribution in [0.4, 0.5) is 0 Å². The van der Waals surface area contributed by atoms with E-state index in [0.717, 1.165) is 20.4 Å². The molecule has 0 spiro atoms. The Morgan fingerprint density at radius 2 is 1.19 bits per heavy atom. The van der Waals surface area contributed by atoms with Gasteiger partial charge in [0.05, 0.1) is 0 Å². The second-order valence-corrected chi connectivity index (χ2v) is 9.39. The summed E-state index contributed by atoms with van der Waals surface area (Å²) >= 11 is 0. The highest BCUT2D eigenvalue weighted by atomic mass is 31.1. The molecule has 2 aromatic carbocycles. The minimum atomic E-state index is 0.805. The van der Waals surface area contributed by atoms with Gasteiger partial charge in [-0.1, -0.05) is 89.6 Å². The Hall–Kier alpha value is -1.13. The van der Waals surface area contributed by atoms with Crippen LogP contribution in [0, 0.1) is 0 Å². The summed E-state index contributed by atoms with van der Waals surface area (Å²) in [5, 5.41) is 1.55. The Balaban J connectivity index is 1.56. The molecule has 0 nitrogen and oxygen atoms in total. The molecule has 2 aliphatic rings. The van der Waals surface area contributed by atoms with Gasteiger partial charge in [0.15, 0.2) is 0 Å². The van der Waals surface area contributed by atoms with E-state index in [4.69, 9.17) is 0 Å². The van der Waals surface area contributed by atoms with Crippen LogP contribution in [0.1, 0.15) is 87.2 Å². The summed E-state index contributed by atoms with van der Waals surface area (Å²) in [5.41, 5.74) is 6.02. The summed E-state index contributed by atoms with van der Waals surface area (Å²) < 4.78 is 0. The third-order valence-electron chi connectivity index (χ3n) is 6.69. The zero-order valence-corrected chi connectivity index (χ0v) is 17.3. The first-order valence-electron chi connectivity index (χ1n) is 10.8. The smallest absolute Gasteiger partial charge is 0.0110 e. The first kappa shape index (κ1) is 18.2. The average molecular weight is 365 g/mol. The van der Waals surface area contributed by atoms with E-state index in [1.807, 2.05) is 0 Å². The number of hydrogen-bond acceptors (Lipinski definition) is 0. The predicted octanol–water partition coefficient (Wildman–Crippen LogP) is 7.38. The van der Waals surface area contributed by atoms with Crippen molar-refractivity contribution in [2.24, 2.45) is 0 Å². The van der Waals surface area contributed by atoms with Gasteiger partial charge in [-0.05, 0) is 71.7 Å². The topological polar surface area (TPSA) is 0 Å². The number of benzene rings is 2. The van der Waals surface area contributed by atoms with Gasteiger partial charge in [-0.2, -0.15) is 0 Å². The van der Waals surface area contributed by atoms with Gasteiger partial charge >= 0.3 is 0 Å². The molecule has 1 heteroatoms. The van der Waals surface area contributed by atoms with E-state index in [2.05, 4.69) is 49.1 Å². The lowest BCUT2D eigenvalue weighted by Gasteiger charge is -2.24. The maximum Gasteiger partial charge on any atom is -0.0110 e. The van der Waals surface area contributed by atoms with Gasteiger partial charge in [0.2, 0.25) is 0 Å². The molecular weight excluding hydrogens is 331 g/mol. The van der Waals surface area contributed by atoms with Gasteiger partial charge < -0.3 is 0 Å². The molecule has 0 heterocycles. The van der Waals surface area contributed by atoms with Crippen molar-refractivity contribution in [3.63, 3.8) is 0 Å². The van der Waals surface area contributed by atoms with Crippen LogP contribution >= 0.6 is 8.58 Å². The minimum Gasteiger partial charge on any atom is -0.0929 e. The van der Waals surface area contributed by atoms with Crippen LogP contribution in [-0.2, 0) is 0 Å². The predicted molar refractivity (Wildman–Crippen MR) is 117 cm³/mol. The van der Waals surface area contributed by atoms with Crippen molar-refractivity contribution in [3.05, 3.63) is 53.6 Å². The molecule has 0 aliphatic heterocycles. The summed E-state index contributed by atoms with van der Waals surface area (Å²) in [4.78, 5) is 0. The molecule has 2 saturated carbocycles. The Kier molecular flexibility index (Phi) is 6.11. The van der Waals surface area contributed by atoms with Crippen LogP contribution in [0.3, 0.4) is 0 Å². The van der Waals surface area contributed by atoms with Crippen LogP contribution < -0.4 is 5.30 Å². The molecule has 0 amide bonds. The fourth-order valence-corrected chi connectivity index (χ4v) is 5.89. The third kappa shape index (κ3) is 4.07. The lowest BCUT2D eigenvalue weighted by Crippen LogP contribution is -2.09. The molecule has 26 heavy (non-hydrogen) atoms. The molecule has 2 aromatic rings. The van der Waals surface area contributed by atoms with E-state index in [9.17, 15) is 0 Å². The molecule has 0 radical (unpaired) electrons. The van der Waals surface area contributed by atoms with Gasteiger partial charge in [-0.25, -0.2) is 0 Å². The van der Waals surface area contributed by atoms with Crippen LogP contribution in [-0.4, -0.2) is 6.66 Å². The molecule has 0 aromatic heterocycles. The van der Waals surface area contributed by atoms with Crippen molar-refractivity contribution in [2.75, 3.05) is 6.66 Å². The zero-order chi connectivity index (χ0) is 17.8. The Labute approximate surface area is 161 Å². The van der Waals surface area contributed by atoms with Crippen LogP contribution in [0.2, 0.25) is 0 Å². The Morgan fingerprint density at radius 3 is 1.77 bits per heavy atom. The lowest BCUT2D eigenvalue weighted by atomic mass is 9.83. The van der Waals surface area contributed by atoms with Gasteiger partial charge in [0.25, 0.3) is 0 Å². The summed E-state index contributed by atoms with van der Waals surface area (Å²) in [6.45, 7) is 2.33. The largest absolute Gasteiger partial charge is 0.0929 e. The van der Waals surface area contributed by atoms with Crippen molar-refractivity contribution in [1.29, 1.82) is 0 Å². The Bertz CT molecular complexity index is 703. The summed E-state index contributed by atoms with van der Waals surface area (Å²) in [6.07, 6.45) is 14.1. The van der Waals surface area contributed by atoms with Crippen molar-refractivity contribution >= 4 is 13.9 Å². The van der Waals surface area contributed by atoms with Crippen LogP contribution in [0.5, 0.6) is 0 Å². The fraction of sp³-hybridized carbons (Fsp3) is 0.520. The average Bonchev–Trinajstić information content (AvgIpc) is 2.75. The highest BCUT2D eigenvalue weighted by molar-refractivity contribution is 7.46. The van der Waals surface area contributed by atoms with Crippen molar-refractivity contribution < 1.29 is 0 Å². The van der Waals surface area contributed by atoms with Gasteiger partial charge in [-0.3, -0.25) is 0 Å². The van der Waals surface area contributed by atoms with E-state index < -0.39 is 0 Å². The molecule has 0 bridgehead atoms. The SMILES string of the molecule is CPc1cc(C2CCCCC2)ccc1-c1ccc(C2CCCCC2)cc1. The van der Waals surface area contributed by atoms with Crippen molar-refractivity contribution in [2.45, 2.75) is 76.0 Å². The maximum absolute atomic E-state index is 2.53. The highest BCUT2D eigenvalue weighted by Gasteiger charge is 2.18. The quantitative estimate of drug-likeness (QED) is 0.496. The maximum atomic E-state index is 2.53. The molecule has 2 aliphatic carbocycles. The molecule has 0 N–H and O–H groups in total. The molecular formula is C25H33P. The number of hydrogen-bond donors (Lipinski definition) is 0. The third-order valence-corrected chi connectivity index (χ3v) is 7.64. The first-order chi connectivity index (χ1) is 12.8.